The Hall–Kier alpha value is -2.25. The van der Waals surface area contributed by atoms with Crippen LogP contribution in [0.5, 0.6) is 0 Å². The number of nitrogens with zero attached hydrogens (tertiary/aromatic N) is 2. The fourth-order valence-electron chi connectivity index (χ4n) is 3.78. The van der Waals surface area contributed by atoms with E-state index >= 15 is 0 Å². The molecule has 0 saturated carbocycles. The lowest BCUT2D eigenvalue weighted by Crippen LogP contribution is -2.52. The Kier molecular flexibility index (Phi) is 5.35. The van der Waals surface area contributed by atoms with Crippen LogP contribution in [0.4, 0.5) is 0 Å². The first-order valence-electron chi connectivity index (χ1n) is 9.35. The van der Waals surface area contributed by atoms with Crippen molar-refractivity contribution in [1.29, 1.82) is 0 Å². The number of rotatable bonds is 6. The molecular formula is C20H28N4O3. The summed E-state index contributed by atoms with van der Waals surface area (Å²) in [7, 11) is 4.03. The van der Waals surface area contributed by atoms with Crippen LogP contribution < -0.4 is 10.6 Å². The van der Waals surface area contributed by atoms with E-state index in [1.165, 1.54) is 0 Å². The number of piperidine rings is 1. The van der Waals surface area contributed by atoms with Crippen LogP contribution in [0.25, 0.3) is 0 Å². The first kappa shape index (κ1) is 19.5. The van der Waals surface area contributed by atoms with Gasteiger partial charge in [-0.15, -0.1) is 0 Å². The fraction of sp³-hybridized carbons (Fsp3) is 0.550. The topological polar surface area (TPSA) is 81.8 Å². The van der Waals surface area contributed by atoms with Crippen LogP contribution in [-0.4, -0.2) is 59.7 Å². The van der Waals surface area contributed by atoms with E-state index in [2.05, 4.69) is 42.5 Å². The fourth-order valence-corrected chi connectivity index (χ4v) is 3.78. The first-order valence-corrected chi connectivity index (χ1v) is 9.35. The zero-order valence-electron chi connectivity index (χ0n) is 16.5. The Morgan fingerprint density at radius 2 is 2.04 bits per heavy atom. The summed E-state index contributed by atoms with van der Waals surface area (Å²) < 4.78 is 0. The standard InChI is InChI=1S/C20H28N4O3/c1-20(2,12-21-3)23(4)10-13-5-6-15-14(9-13)11-24(19(15)27)16-7-8-17(25)22-18(16)26/h5-6,9,16,21H,7-8,10-12H2,1-4H3,(H,22,25,26). The number of carbonyl (C=O) groups excluding carboxylic acids is 3. The van der Waals surface area contributed by atoms with Crippen molar-refractivity contribution in [3.8, 4) is 0 Å². The molecule has 0 bridgehead atoms. The average Bonchev–Trinajstić information content (AvgIpc) is 2.91. The summed E-state index contributed by atoms with van der Waals surface area (Å²) in [4.78, 5) is 40.1. The molecule has 1 fully saturated rings. The van der Waals surface area contributed by atoms with Gasteiger partial charge in [0.15, 0.2) is 0 Å². The van der Waals surface area contributed by atoms with Crippen molar-refractivity contribution < 1.29 is 14.4 Å². The third kappa shape index (κ3) is 3.89. The predicted molar refractivity (Wildman–Crippen MR) is 102 cm³/mol. The van der Waals surface area contributed by atoms with Crippen molar-refractivity contribution in [3.05, 3.63) is 34.9 Å². The smallest absolute Gasteiger partial charge is 0.255 e. The van der Waals surface area contributed by atoms with Crippen molar-refractivity contribution in [3.63, 3.8) is 0 Å². The van der Waals surface area contributed by atoms with Crippen LogP contribution in [0.1, 0.15) is 48.2 Å². The molecule has 2 N–H and O–H groups in total. The van der Waals surface area contributed by atoms with E-state index < -0.39 is 6.04 Å². The molecule has 1 atom stereocenters. The zero-order chi connectivity index (χ0) is 19.8. The highest BCUT2D eigenvalue weighted by Gasteiger charge is 2.39. The summed E-state index contributed by atoms with van der Waals surface area (Å²) in [6, 6.07) is 5.34. The number of hydrogen-bond donors (Lipinski definition) is 2. The minimum absolute atomic E-state index is 0.00232. The largest absolute Gasteiger partial charge is 0.322 e. The number of fused-ring (bicyclic) bond motifs is 1. The van der Waals surface area contributed by atoms with Crippen LogP contribution >= 0.6 is 0 Å². The van der Waals surface area contributed by atoms with Gasteiger partial charge in [0.2, 0.25) is 11.8 Å². The van der Waals surface area contributed by atoms with Crippen LogP contribution in [0, 0.1) is 0 Å². The first-order chi connectivity index (χ1) is 12.7. The summed E-state index contributed by atoms with van der Waals surface area (Å²) >= 11 is 0. The van der Waals surface area contributed by atoms with Crippen molar-refractivity contribution in [2.24, 2.45) is 0 Å². The monoisotopic (exact) mass is 372 g/mol. The molecule has 7 nitrogen and oxygen atoms in total. The van der Waals surface area contributed by atoms with Crippen LogP contribution in [0.15, 0.2) is 18.2 Å². The number of benzene rings is 1. The van der Waals surface area contributed by atoms with Gasteiger partial charge in [0.05, 0.1) is 0 Å². The average molecular weight is 372 g/mol. The molecule has 1 saturated heterocycles. The molecule has 0 aromatic heterocycles. The van der Waals surface area contributed by atoms with Gasteiger partial charge >= 0.3 is 0 Å². The minimum Gasteiger partial charge on any atom is -0.322 e. The predicted octanol–water partition coefficient (Wildman–Crippen LogP) is 0.877. The lowest BCUT2D eigenvalue weighted by Gasteiger charge is -2.35. The molecule has 1 aromatic rings. The van der Waals surface area contributed by atoms with Crippen molar-refractivity contribution in [1.82, 2.24) is 20.4 Å². The van der Waals surface area contributed by atoms with Crippen molar-refractivity contribution in [2.45, 2.75) is 51.4 Å². The van der Waals surface area contributed by atoms with Gasteiger partial charge in [-0.05, 0) is 51.6 Å². The Bertz CT molecular complexity index is 774. The van der Waals surface area contributed by atoms with Gasteiger partial charge in [-0.1, -0.05) is 12.1 Å². The second-order valence-corrected chi connectivity index (χ2v) is 8.09. The molecule has 27 heavy (non-hydrogen) atoms. The van der Waals surface area contributed by atoms with Gasteiger partial charge in [0, 0.05) is 37.2 Å². The molecule has 1 aromatic carbocycles. The second kappa shape index (κ2) is 7.40. The quantitative estimate of drug-likeness (QED) is 0.725. The normalized spacial score (nSPS) is 20.3. The third-order valence-electron chi connectivity index (χ3n) is 5.65. The van der Waals surface area contributed by atoms with E-state index in [9.17, 15) is 14.4 Å². The Morgan fingerprint density at radius 1 is 1.30 bits per heavy atom. The van der Waals surface area contributed by atoms with E-state index in [4.69, 9.17) is 0 Å². The maximum absolute atomic E-state index is 12.7. The number of likely N-dealkylation sites (N-methyl/N-ethyl adjacent to an activating group) is 2. The molecule has 3 rings (SSSR count). The number of imide groups is 1. The highest BCUT2D eigenvalue weighted by atomic mass is 16.2. The molecule has 2 aliphatic rings. The molecule has 146 valence electrons. The summed E-state index contributed by atoms with van der Waals surface area (Å²) in [5.74, 6) is -0.772. The van der Waals surface area contributed by atoms with Gasteiger partial charge in [0.1, 0.15) is 6.04 Å². The third-order valence-corrected chi connectivity index (χ3v) is 5.65. The lowest BCUT2D eigenvalue weighted by molar-refractivity contribution is -0.136. The number of amides is 3. The lowest BCUT2D eigenvalue weighted by atomic mass is 10.0. The molecule has 1 unspecified atom stereocenters. The molecule has 2 aliphatic heterocycles. The minimum atomic E-state index is -0.566. The molecule has 2 heterocycles. The Labute approximate surface area is 160 Å². The maximum Gasteiger partial charge on any atom is 0.255 e. The zero-order valence-corrected chi connectivity index (χ0v) is 16.5. The number of hydrogen-bond acceptors (Lipinski definition) is 5. The SMILES string of the molecule is CNCC(C)(C)N(C)Cc1ccc2c(c1)CN(C1CCC(=O)NC1=O)C2=O. The van der Waals surface area contributed by atoms with E-state index in [1.54, 1.807) is 4.90 Å². The molecule has 0 aliphatic carbocycles. The Balaban J connectivity index is 1.74. The van der Waals surface area contributed by atoms with E-state index in [1.807, 2.05) is 19.2 Å². The van der Waals surface area contributed by atoms with Crippen LogP contribution in [0.3, 0.4) is 0 Å². The van der Waals surface area contributed by atoms with Gasteiger partial charge in [0.25, 0.3) is 5.91 Å². The summed E-state index contributed by atoms with van der Waals surface area (Å²) in [6.45, 7) is 6.43. The molecule has 0 spiro atoms. The van der Waals surface area contributed by atoms with Crippen LogP contribution in [0.2, 0.25) is 0 Å². The summed E-state index contributed by atoms with van der Waals surface area (Å²) in [6.07, 6.45) is 0.658. The van der Waals surface area contributed by atoms with Gasteiger partial charge in [-0.2, -0.15) is 0 Å². The highest BCUT2D eigenvalue weighted by Crippen LogP contribution is 2.29. The van der Waals surface area contributed by atoms with Crippen LogP contribution in [-0.2, 0) is 22.7 Å². The van der Waals surface area contributed by atoms with Gasteiger partial charge < -0.3 is 10.2 Å². The van der Waals surface area contributed by atoms with Gasteiger partial charge in [-0.3, -0.25) is 24.6 Å². The molecule has 0 radical (unpaired) electrons. The molecular weight excluding hydrogens is 344 g/mol. The summed E-state index contributed by atoms with van der Waals surface area (Å²) in [5, 5.41) is 5.55. The second-order valence-electron chi connectivity index (χ2n) is 8.09. The summed E-state index contributed by atoms with van der Waals surface area (Å²) in [5.41, 5.74) is 2.74. The number of nitrogens with one attached hydrogen (secondary N) is 2. The molecule has 7 heteroatoms. The van der Waals surface area contributed by atoms with Crippen molar-refractivity contribution in [2.75, 3.05) is 20.6 Å². The number of carbonyl (C=O) groups is 3. The van der Waals surface area contributed by atoms with Gasteiger partial charge in [-0.25, -0.2) is 0 Å². The van der Waals surface area contributed by atoms with E-state index in [0.717, 1.165) is 24.2 Å². The Morgan fingerprint density at radius 3 is 2.70 bits per heavy atom. The molecule has 3 amide bonds. The highest BCUT2D eigenvalue weighted by molar-refractivity contribution is 6.05. The maximum atomic E-state index is 12.7. The van der Waals surface area contributed by atoms with Crippen molar-refractivity contribution >= 4 is 17.7 Å². The van der Waals surface area contributed by atoms with E-state index in [-0.39, 0.29) is 29.7 Å². The van der Waals surface area contributed by atoms with E-state index in [0.29, 0.717) is 18.5 Å².